The molecule has 0 spiro atoms. The van der Waals surface area contributed by atoms with Crippen LogP contribution in [-0.4, -0.2) is 53.2 Å². The summed E-state index contributed by atoms with van der Waals surface area (Å²) in [7, 11) is 0. The Balaban J connectivity index is 1.71. The normalized spacial score (nSPS) is 21.4. The number of hydrogen-bond donors (Lipinski definition) is 1. The van der Waals surface area contributed by atoms with Crippen LogP contribution in [0.15, 0.2) is 60.7 Å². The maximum atomic E-state index is 12.6. The van der Waals surface area contributed by atoms with Crippen LogP contribution in [-0.2, 0) is 11.3 Å². The average Bonchev–Trinajstić information content (AvgIpc) is 2.65. The number of benzene rings is 2. The Labute approximate surface area is 154 Å². The molecule has 5 heteroatoms. The first-order valence-corrected chi connectivity index (χ1v) is 8.88. The molecule has 2 aromatic carbocycles. The highest BCUT2D eigenvalue weighted by Crippen LogP contribution is 2.23. The Hall–Kier alpha value is -2.50. The third-order valence-corrected chi connectivity index (χ3v) is 5.13. The van der Waals surface area contributed by atoms with E-state index in [2.05, 4.69) is 17.0 Å². The smallest absolute Gasteiger partial charge is 0.239 e. The molecule has 5 nitrogen and oxygen atoms in total. The first-order valence-electron chi connectivity index (χ1n) is 8.88. The van der Waals surface area contributed by atoms with Gasteiger partial charge in [-0.3, -0.25) is 19.4 Å². The summed E-state index contributed by atoms with van der Waals surface area (Å²) in [5, 5.41) is 0. The van der Waals surface area contributed by atoms with E-state index in [0.717, 1.165) is 13.1 Å². The first-order chi connectivity index (χ1) is 12.5. The zero-order chi connectivity index (χ0) is 18.6. The molecule has 3 rings (SSSR count). The Bertz CT molecular complexity index is 763. The van der Waals surface area contributed by atoms with Crippen LogP contribution in [0, 0.1) is 0 Å². The first kappa shape index (κ1) is 18.3. The minimum atomic E-state index is -0.864. The molecular weight excluding hydrogens is 326 g/mol. The summed E-state index contributed by atoms with van der Waals surface area (Å²) < 4.78 is 0. The maximum absolute atomic E-state index is 12.6. The molecule has 1 unspecified atom stereocenters. The summed E-state index contributed by atoms with van der Waals surface area (Å²) >= 11 is 0. The zero-order valence-electron chi connectivity index (χ0n) is 15.1. The summed E-state index contributed by atoms with van der Waals surface area (Å²) in [6, 6.07) is 19.3. The van der Waals surface area contributed by atoms with E-state index >= 15 is 0 Å². The van der Waals surface area contributed by atoms with E-state index in [1.807, 2.05) is 48.2 Å². The largest absolute Gasteiger partial charge is 0.368 e. The lowest BCUT2D eigenvalue weighted by molar-refractivity contribution is -0.133. The van der Waals surface area contributed by atoms with Gasteiger partial charge in [0, 0.05) is 31.7 Å². The molecule has 1 amide bonds. The van der Waals surface area contributed by atoms with Crippen molar-refractivity contribution in [1.29, 1.82) is 0 Å². The van der Waals surface area contributed by atoms with E-state index in [1.165, 1.54) is 5.56 Å². The molecule has 0 aliphatic carbocycles. The molecule has 1 aliphatic heterocycles. The lowest BCUT2D eigenvalue weighted by Gasteiger charge is -2.46. The number of carbonyl (C=O) groups excluding carboxylic acids is 2. The van der Waals surface area contributed by atoms with E-state index in [0.29, 0.717) is 18.7 Å². The summed E-state index contributed by atoms with van der Waals surface area (Å²) in [5.41, 5.74) is 6.74. The molecule has 1 heterocycles. The molecule has 0 bridgehead atoms. The van der Waals surface area contributed by atoms with Crippen molar-refractivity contribution in [3.05, 3.63) is 71.8 Å². The Morgan fingerprint density at radius 1 is 1.00 bits per heavy atom. The fourth-order valence-electron chi connectivity index (χ4n) is 3.48. The molecule has 26 heavy (non-hydrogen) atoms. The van der Waals surface area contributed by atoms with Gasteiger partial charge in [0.1, 0.15) is 5.54 Å². The van der Waals surface area contributed by atoms with Gasteiger partial charge in [-0.2, -0.15) is 0 Å². The second kappa shape index (κ2) is 7.81. The van der Waals surface area contributed by atoms with Crippen LogP contribution >= 0.6 is 0 Å². The summed E-state index contributed by atoms with van der Waals surface area (Å²) in [6.45, 7) is 4.74. The second-order valence-electron chi connectivity index (χ2n) is 7.05. The Morgan fingerprint density at radius 2 is 1.62 bits per heavy atom. The van der Waals surface area contributed by atoms with Crippen LogP contribution < -0.4 is 5.73 Å². The number of Topliss-reactive ketones (excluding diaryl/α,β-unsaturated/α-hetero) is 1. The van der Waals surface area contributed by atoms with Gasteiger partial charge in [-0.15, -0.1) is 0 Å². The van der Waals surface area contributed by atoms with Gasteiger partial charge >= 0.3 is 0 Å². The van der Waals surface area contributed by atoms with E-state index in [4.69, 9.17) is 5.73 Å². The monoisotopic (exact) mass is 351 g/mol. The minimum absolute atomic E-state index is 0.00887. The molecule has 2 aromatic rings. The van der Waals surface area contributed by atoms with Gasteiger partial charge in [0.25, 0.3) is 0 Å². The SMILES string of the molecule is CC1(C(N)=O)CN(Cc2ccccc2)CCN1CC(=O)c1ccccc1. The van der Waals surface area contributed by atoms with Gasteiger partial charge in [-0.25, -0.2) is 0 Å². The molecule has 2 N–H and O–H groups in total. The van der Waals surface area contributed by atoms with Crippen LogP contribution in [0.4, 0.5) is 0 Å². The van der Waals surface area contributed by atoms with Crippen molar-refractivity contribution in [2.75, 3.05) is 26.2 Å². The van der Waals surface area contributed by atoms with Gasteiger partial charge in [-0.1, -0.05) is 60.7 Å². The van der Waals surface area contributed by atoms with Crippen molar-refractivity contribution >= 4 is 11.7 Å². The molecule has 136 valence electrons. The Morgan fingerprint density at radius 3 is 2.23 bits per heavy atom. The molecule has 0 aromatic heterocycles. The van der Waals surface area contributed by atoms with Gasteiger partial charge in [0.2, 0.25) is 5.91 Å². The van der Waals surface area contributed by atoms with E-state index < -0.39 is 11.4 Å². The van der Waals surface area contributed by atoms with Crippen LogP contribution in [0.2, 0.25) is 0 Å². The van der Waals surface area contributed by atoms with Crippen LogP contribution in [0.25, 0.3) is 0 Å². The number of piperazine rings is 1. The molecule has 1 fully saturated rings. The van der Waals surface area contributed by atoms with Crippen molar-refractivity contribution in [3.8, 4) is 0 Å². The quantitative estimate of drug-likeness (QED) is 0.808. The Kier molecular flexibility index (Phi) is 5.49. The van der Waals surface area contributed by atoms with Crippen molar-refractivity contribution < 1.29 is 9.59 Å². The highest BCUT2D eigenvalue weighted by atomic mass is 16.2. The van der Waals surface area contributed by atoms with E-state index in [-0.39, 0.29) is 12.3 Å². The predicted molar refractivity (Wildman–Crippen MR) is 102 cm³/mol. The van der Waals surface area contributed by atoms with E-state index in [1.54, 1.807) is 12.1 Å². The molecule has 1 saturated heterocycles. The number of hydrogen-bond acceptors (Lipinski definition) is 4. The van der Waals surface area contributed by atoms with Crippen LogP contribution in [0.1, 0.15) is 22.8 Å². The lowest BCUT2D eigenvalue weighted by Crippen LogP contribution is -2.66. The summed E-state index contributed by atoms with van der Waals surface area (Å²) in [5.74, 6) is -0.384. The van der Waals surface area contributed by atoms with Crippen LogP contribution in [0.5, 0.6) is 0 Å². The zero-order valence-corrected chi connectivity index (χ0v) is 15.1. The standard InChI is InChI=1S/C21H25N3O2/c1-21(20(22)26)16-23(14-17-8-4-2-5-9-17)12-13-24(21)15-19(25)18-10-6-3-7-11-18/h2-11H,12-16H2,1H3,(H2,22,26). The number of carbonyl (C=O) groups is 2. The highest BCUT2D eigenvalue weighted by Gasteiger charge is 2.43. The summed E-state index contributed by atoms with van der Waals surface area (Å²) in [4.78, 5) is 29.0. The molecule has 1 aliphatic rings. The van der Waals surface area contributed by atoms with Gasteiger partial charge < -0.3 is 5.73 Å². The predicted octanol–water partition coefficient (Wildman–Crippen LogP) is 1.93. The molecule has 0 radical (unpaired) electrons. The van der Waals surface area contributed by atoms with E-state index in [9.17, 15) is 9.59 Å². The molecule has 1 atom stereocenters. The average molecular weight is 351 g/mol. The number of nitrogens with two attached hydrogens (primary N) is 1. The van der Waals surface area contributed by atoms with Gasteiger partial charge in [-0.05, 0) is 12.5 Å². The highest BCUT2D eigenvalue weighted by molar-refractivity contribution is 5.98. The topological polar surface area (TPSA) is 66.6 Å². The number of amides is 1. The third kappa shape index (κ3) is 4.00. The van der Waals surface area contributed by atoms with Crippen molar-refractivity contribution in [2.24, 2.45) is 5.73 Å². The number of rotatable bonds is 6. The van der Waals surface area contributed by atoms with Gasteiger partial charge in [0.05, 0.1) is 6.54 Å². The van der Waals surface area contributed by atoms with Crippen molar-refractivity contribution in [2.45, 2.75) is 19.0 Å². The van der Waals surface area contributed by atoms with Crippen LogP contribution in [0.3, 0.4) is 0 Å². The molecular formula is C21H25N3O2. The van der Waals surface area contributed by atoms with Gasteiger partial charge in [0.15, 0.2) is 5.78 Å². The number of primary amides is 1. The molecule has 0 saturated carbocycles. The third-order valence-electron chi connectivity index (χ3n) is 5.13. The summed E-state index contributed by atoms with van der Waals surface area (Å²) in [6.07, 6.45) is 0. The minimum Gasteiger partial charge on any atom is -0.368 e. The lowest BCUT2D eigenvalue weighted by atomic mass is 9.93. The second-order valence-corrected chi connectivity index (χ2v) is 7.05. The number of nitrogens with zero attached hydrogens (tertiary/aromatic N) is 2. The fourth-order valence-corrected chi connectivity index (χ4v) is 3.48. The van der Waals surface area contributed by atoms with Crippen molar-refractivity contribution in [1.82, 2.24) is 9.80 Å². The number of ketones is 1. The fraction of sp³-hybridized carbons (Fsp3) is 0.333. The van der Waals surface area contributed by atoms with Crippen molar-refractivity contribution in [3.63, 3.8) is 0 Å². The maximum Gasteiger partial charge on any atom is 0.239 e.